The molecule has 0 radical (unpaired) electrons. The molecule has 2 aromatic rings. The second kappa shape index (κ2) is 8.50. The van der Waals surface area contributed by atoms with Crippen LogP contribution in [0.4, 0.5) is 4.79 Å². The normalized spacial score (nSPS) is 14.9. The monoisotopic (exact) mass is 344 g/mol. The number of aromatic nitrogens is 2. The highest BCUT2D eigenvalue weighted by atomic mass is 16.5. The number of carbonyl (C=O) groups excluding carboxylic acids is 1. The summed E-state index contributed by atoms with van der Waals surface area (Å²) in [5.74, 6) is 1.75. The molecule has 0 spiro atoms. The van der Waals surface area contributed by atoms with E-state index < -0.39 is 0 Å². The van der Waals surface area contributed by atoms with Gasteiger partial charge < -0.3 is 19.9 Å². The van der Waals surface area contributed by atoms with Crippen LogP contribution in [-0.4, -0.2) is 35.9 Å². The minimum absolute atomic E-state index is 0.126. The first-order chi connectivity index (χ1) is 12.2. The van der Waals surface area contributed by atoms with Crippen LogP contribution in [0.1, 0.15) is 38.0 Å². The summed E-state index contributed by atoms with van der Waals surface area (Å²) in [6.45, 7) is 0.457. The second-order valence-corrected chi connectivity index (χ2v) is 6.23. The number of ether oxygens (including phenoxy) is 1. The Morgan fingerprint density at radius 1 is 1.32 bits per heavy atom. The molecule has 7 heteroatoms. The van der Waals surface area contributed by atoms with E-state index in [0.717, 1.165) is 24.2 Å². The van der Waals surface area contributed by atoms with E-state index in [1.54, 1.807) is 7.11 Å². The molecule has 1 heterocycles. The fourth-order valence-corrected chi connectivity index (χ4v) is 3.00. The Bertz CT molecular complexity index is 695. The highest BCUT2D eigenvalue weighted by Gasteiger charge is 2.15. The van der Waals surface area contributed by atoms with Crippen molar-refractivity contribution in [3.63, 3.8) is 0 Å². The molecule has 25 heavy (non-hydrogen) atoms. The van der Waals surface area contributed by atoms with E-state index in [9.17, 15) is 4.79 Å². The van der Waals surface area contributed by atoms with E-state index in [4.69, 9.17) is 9.26 Å². The van der Waals surface area contributed by atoms with Crippen LogP contribution in [0.15, 0.2) is 28.8 Å². The molecule has 0 aliphatic heterocycles. The molecule has 134 valence electrons. The molecule has 1 aliphatic carbocycles. The molecule has 1 saturated carbocycles. The minimum Gasteiger partial charge on any atom is -0.497 e. The number of rotatable bonds is 6. The maximum atomic E-state index is 11.9. The molecule has 2 N–H and O–H groups in total. The van der Waals surface area contributed by atoms with Crippen molar-refractivity contribution in [1.29, 1.82) is 0 Å². The molecule has 1 aromatic carbocycles. The summed E-state index contributed by atoms with van der Waals surface area (Å²) in [5.41, 5.74) is 0.831. The summed E-state index contributed by atoms with van der Waals surface area (Å²) in [4.78, 5) is 16.3. The number of nitrogens with zero attached hydrogens (tertiary/aromatic N) is 2. The van der Waals surface area contributed by atoms with Gasteiger partial charge in [0.2, 0.25) is 11.7 Å². The number of amides is 2. The molecule has 0 saturated heterocycles. The fourth-order valence-electron chi connectivity index (χ4n) is 3.00. The van der Waals surface area contributed by atoms with Crippen molar-refractivity contribution >= 4 is 6.03 Å². The summed E-state index contributed by atoms with van der Waals surface area (Å²) in [6, 6.07) is 7.66. The Hall–Kier alpha value is -2.57. The highest BCUT2D eigenvalue weighted by Crippen LogP contribution is 2.21. The van der Waals surface area contributed by atoms with Gasteiger partial charge in [0.25, 0.3) is 0 Å². The first kappa shape index (κ1) is 17.3. The maximum absolute atomic E-state index is 11.9. The van der Waals surface area contributed by atoms with Gasteiger partial charge in [0.05, 0.1) is 7.11 Å². The molecule has 0 atom stereocenters. The second-order valence-electron chi connectivity index (χ2n) is 6.23. The van der Waals surface area contributed by atoms with Gasteiger partial charge in [0.1, 0.15) is 5.75 Å². The van der Waals surface area contributed by atoms with Gasteiger partial charge in [-0.3, -0.25) is 0 Å². The van der Waals surface area contributed by atoms with Crippen LogP contribution < -0.4 is 15.4 Å². The molecular weight excluding hydrogens is 320 g/mol. The van der Waals surface area contributed by atoms with E-state index in [-0.39, 0.29) is 6.03 Å². The zero-order valence-corrected chi connectivity index (χ0v) is 14.5. The molecule has 3 rings (SSSR count). The summed E-state index contributed by atoms with van der Waals surface area (Å²) in [7, 11) is 1.62. The quantitative estimate of drug-likeness (QED) is 0.841. The van der Waals surface area contributed by atoms with Gasteiger partial charge in [-0.05, 0) is 25.0 Å². The first-order valence-corrected chi connectivity index (χ1v) is 8.76. The lowest BCUT2D eigenvalue weighted by atomic mass is 9.96. The summed E-state index contributed by atoms with van der Waals surface area (Å²) >= 11 is 0. The van der Waals surface area contributed by atoms with Crippen molar-refractivity contribution in [3.05, 3.63) is 30.2 Å². The third kappa shape index (κ3) is 4.95. The maximum Gasteiger partial charge on any atom is 0.315 e. The van der Waals surface area contributed by atoms with Crippen molar-refractivity contribution in [2.45, 2.75) is 44.6 Å². The Balaban J connectivity index is 1.46. The highest BCUT2D eigenvalue weighted by molar-refractivity contribution is 5.74. The van der Waals surface area contributed by atoms with Crippen LogP contribution in [0.25, 0.3) is 11.4 Å². The molecule has 0 unspecified atom stereocenters. The van der Waals surface area contributed by atoms with Crippen LogP contribution in [0.5, 0.6) is 5.75 Å². The van der Waals surface area contributed by atoms with Crippen molar-refractivity contribution in [3.8, 4) is 17.1 Å². The molecule has 2 amide bonds. The van der Waals surface area contributed by atoms with E-state index in [1.165, 1.54) is 19.3 Å². The lowest BCUT2D eigenvalue weighted by molar-refractivity contribution is 0.232. The molecule has 1 aromatic heterocycles. The summed E-state index contributed by atoms with van der Waals surface area (Å²) in [5, 5.41) is 9.85. The Kier molecular flexibility index (Phi) is 5.87. The summed E-state index contributed by atoms with van der Waals surface area (Å²) < 4.78 is 10.4. The third-order valence-electron chi connectivity index (χ3n) is 4.36. The van der Waals surface area contributed by atoms with Gasteiger partial charge in [0, 0.05) is 24.6 Å². The van der Waals surface area contributed by atoms with E-state index in [2.05, 4.69) is 20.8 Å². The Morgan fingerprint density at radius 3 is 2.96 bits per heavy atom. The smallest absolute Gasteiger partial charge is 0.315 e. The third-order valence-corrected chi connectivity index (χ3v) is 4.36. The largest absolute Gasteiger partial charge is 0.497 e. The van der Waals surface area contributed by atoms with Gasteiger partial charge in [0.15, 0.2) is 0 Å². The predicted molar refractivity (Wildman–Crippen MR) is 93.4 cm³/mol. The Labute approximate surface area is 147 Å². The van der Waals surface area contributed by atoms with Gasteiger partial charge in [-0.1, -0.05) is 36.6 Å². The van der Waals surface area contributed by atoms with E-state index in [0.29, 0.717) is 30.7 Å². The van der Waals surface area contributed by atoms with Gasteiger partial charge in [-0.2, -0.15) is 4.98 Å². The number of nitrogens with one attached hydrogen (secondary N) is 2. The van der Waals surface area contributed by atoms with Gasteiger partial charge in [-0.25, -0.2) is 4.79 Å². The summed E-state index contributed by atoms with van der Waals surface area (Å²) in [6.07, 6.45) is 6.30. The van der Waals surface area contributed by atoms with Crippen LogP contribution in [0.2, 0.25) is 0 Å². The van der Waals surface area contributed by atoms with Crippen LogP contribution in [0.3, 0.4) is 0 Å². The number of benzene rings is 1. The van der Waals surface area contributed by atoms with Gasteiger partial charge >= 0.3 is 6.03 Å². The SMILES string of the molecule is COc1cccc(-c2noc(CCNC(=O)NC3CCCCC3)n2)c1. The van der Waals surface area contributed by atoms with Crippen molar-refractivity contribution in [2.24, 2.45) is 0 Å². The van der Waals surface area contributed by atoms with Gasteiger partial charge in [-0.15, -0.1) is 0 Å². The van der Waals surface area contributed by atoms with Crippen molar-refractivity contribution < 1.29 is 14.1 Å². The van der Waals surface area contributed by atoms with Crippen LogP contribution >= 0.6 is 0 Å². The van der Waals surface area contributed by atoms with Crippen molar-refractivity contribution in [2.75, 3.05) is 13.7 Å². The topological polar surface area (TPSA) is 89.3 Å². The number of hydrogen-bond acceptors (Lipinski definition) is 5. The standard InChI is InChI=1S/C18H24N4O3/c1-24-15-9-5-6-13(12-15)17-21-16(25-22-17)10-11-19-18(23)20-14-7-3-2-4-8-14/h5-6,9,12,14H,2-4,7-8,10-11H2,1H3,(H2,19,20,23). The fraction of sp³-hybridized carbons (Fsp3) is 0.500. The predicted octanol–water partition coefficient (Wildman–Crippen LogP) is 2.92. The zero-order chi connectivity index (χ0) is 17.5. The molecule has 1 aliphatic rings. The lowest BCUT2D eigenvalue weighted by Gasteiger charge is -2.22. The number of hydrogen-bond donors (Lipinski definition) is 2. The molecule has 7 nitrogen and oxygen atoms in total. The molecule has 1 fully saturated rings. The number of urea groups is 1. The van der Waals surface area contributed by atoms with E-state index >= 15 is 0 Å². The van der Waals surface area contributed by atoms with E-state index in [1.807, 2.05) is 24.3 Å². The Morgan fingerprint density at radius 2 is 2.16 bits per heavy atom. The van der Waals surface area contributed by atoms with Crippen molar-refractivity contribution in [1.82, 2.24) is 20.8 Å². The minimum atomic E-state index is -0.126. The number of methoxy groups -OCH3 is 1. The van der Waals surface area contributed by atoms with Crippen LogP contribution in [0, 0.1) is 0 Å². The molecular formula is C18H24N4O3. The zero-order valence-electron chi connectivity index (χ0n) is 14.5. The first-order valence-electron chi connectivity index (χ1n) is 8.76. The average molecular weight is 344 g/mol. The van der Waals surface area contributed by atoms with Crippen LogP contribution in [-0.2, 0) is 6.42 Å². The lowest BCUT2D eigenvalue weighted by Crippen LogP contribution is -2.43. The molecule has 0 bridgehead atoms. The number of carbonyl (C=O) groups is 1. The average Bonchev–Trinajstić information content (AvgIpc) is 3.11.